The summed E-state index contributed by atoms with van der Waals surface area (Å²) in [5.74, 6) is -4.46. The van der Waals surface area contributed by atoms with Crippen LogP contribution in [-0.4, -0.2) is 70.7 Å². The molecule has 8 nitrogen and oxygen atoms in total. The molecule has 2 fully saturated rings. The number of alkyl halides is 2. The minimum Gasteiger partial charge on any atom is -0.340 e. The zero-order valence-corrected chi connectivity index (χ0v) is 26.6. The van der Waals surface area contributed by atoms with Crippen LogP contribution in [0.2, 0.25) is 5.02 Å². The van der Waals surface area contributed by atoms with Crippen LogP contribution in [0, 0.1) is 0 Å². The molecule has 3 heterocycles. The Morgan fingerprint density at radius 3 is 2.41 bits per heavy atom. The van der Waals surface area contributed by atoms with Crippen molar-refractivity contribution < 1.29 is 28.0 Å². The van der Waals surface area contributed by atoms with Crippen LogP contribution in [0.3, 0.4) is 0 Å². The number of amides is 4. The fourth-order valence-corrected chi connectivity index (χ4v) is 7.18. The number of anilines is 1. The molecule has 5 rings (SSSR count). The zero-order valence-electron chi connectivity index (χ0n) is 25.0. The number of rotatable bonds is 6. The average Bonchev–Trinajstić information content (AvgIpc) is 3.57. The molecule has 0 aliphatic carbocycles. The van der Waals surface area contributed by atoms with Crippen LogP contribution in [0.1, 0.15) is 62.2 Å². The highest BCUT2D eigenvalue weighted by Crippen LogP contribution is 2.34. The van der Waals surface area contributed by atoms with Gasteiger partial charge in [0.2, 0.25) is 17.7 Å². The number of nitrogens with zero attached hydrogens (tertiary/aromatic N) is 3. The lowest BCUT2D eigenvalue weighted by molar-refractivity contribution is -0.144. The zero-order chi connectivity index (χ0) is 31.9. The van der Waals surface area contributed by atoms with E-state index in [1.54, 1.807) is 45.0 Å². The third-order valence-electron chi connectivity index (χ3n) is 8.33. The van der Waals surface area contributed by atoms with Crippen LogP contribution in [0.25, 0.3) is 10.1 Å². The number of carbonyl (C=O) groups is 4. The van der Waals surface area contributed by atoms with Crippen molar-refractivity contribution in [3.05, 3.63) is 64.0 Å². The van der Waals surface area contributed by atoms with Gasteiger partial charge in [-0.25, -0.2) is 8.78 Å². The van der Waals surface area contributed by atoms with Gasteiger partial charge in [-0.15, -0.1) is 11.3 Å². The molecule has 12 heteroatoms. The summed E-state index contributed by atoms with van der Waals surface area (Å²) in [6.45, 7) is 6.36. The van der Waals surface area contributed by atoms with Crippen molar-refractivity contribution in [3.63, 3.8) is 0 Å². The lowest BCUT2D eigenvalue weighted by atomic mass is 10.1. The van der Waals surface area contributed by atoms with Crippen LogP contribution < -0.4 is 10.2 Å². The van der Waals surface area contributed by atoms with Crippen molar-refractivity contribution in [2.75, 3.05) is 18.0 Å². The first-order chi connectivity index (χ1) is 20.7. The quantitative estimate of drug-likeness (QED) is 0.366. The van der Waals surface area contributed by atoms with Gasteiger partial charge in [0, 0.05) is 60.0 Å². The highest BCUT2D eigenvalue weighted by atomic mass is 35.5. The summed E-state index contributed by atoms with van der Waals surface area (Å²) >= 11 is 7.21. The van der Waals surface area contributed by atoms with Gasteiger partial charge < -0.3 is 20.0 Å². The predicted molar refractivity (Wildman–Crippen MR) is 167 cm³/mol. The Balaban J connectivity index is 1.43. The number of halogens is 3. The molecule has 0 saturated carbocycles. The van der Waals surface area contributed by atoms with Gasteiger partial charge in [0.05, 0.1) is 4.88 Å². The fraction of sp³-hybridized carbons (Fsp3) is 0.438. The molecule has 2 aromatic carbocycles. The summed E-state index contributed by atoms with van der Waals surface area (Å²) in [6.07, 6.45) is 1.55. The molecule has 0 bridgehead atoms. The lowest BCUT2D eigenvalue weighted by Gasteiger charge is -2.40. The van der Waals surface area contributed by atoms with Crippen molar-refractivity contribution in [2.24, 2.45) is 0 Å². The Labute approximate surface area is 263 Å². The van der Waals surface area contributed by atoms with Crippen molar-refractivity contribution >= 4 is 62.3 Å². The molecular formula is C32H35ClF2N4O4S. The second kappa shape index (κ2) is 12.4. The van der Waals surface area contributed by atoms with Gasteiger partial charge in [-0.1, -0.05) is 17.7 Å². The first-order valence-electron chi connectivity index (χ1n) is 14.6. The highest BCUT2D eigenvalue weighted by Gasteiger charge is 2.46. The topological polar surface area (TPSA) is 90.0 Å². The minimum atomic E-state index is -3.03. The molecule has 0 spiro atoms. The molecule has 0 unspecified atom stereocenters. The van der Waals surface area contributed by atoms with Gasteiger partial charge in [0.1, 0.15) is 12.1 Å². The maximum atomic E-state index is 14.2. The van der Waals surface area contributed by atoms with Crippen LogP contribution in [-0.2, 0) is 20.3 Å². The van der Waals surface area contributed by atoms with E-state index in [2.05, 4.69) is 5.32 Å². The van der Waals surface area contributed by atoms with Crippen LogP contribution in [0.5, 0.6) is 0 Å². The SMILES string of the molecule is CC(=O)N1CC[C@H]2CC[C@@H](C(=O)N(c3ccc(Cl)cc3)C(C)C)N2C(=O)[C@@H](NC(=O)c2cc3cc(C(C)(F)F)ccc3s2)C1. The molecule has 1 N–H and O–H groups in total. The second-order valence-corrected chi connectivity index (χ2v) is 13.3. The maximum Gasteiger partial charge on any atom is 0.270 e. The van der Waals surface area contributed by atoms with E-state index in [-0.39, 0.29) is 40.9 Å². The number of thiophene rings is 1. The predicted octanol–water partition coefficient (Wildman–Crippen LogP) is 5.82. The second-order valence-electron chi connectivity index (χ2n) is 11.8. The summed E-state index contributed by atoms with van der Waals surface area (Å²) in [7, 11) is 0. The van der Waals surface area contributed by atoms with Gasteiger partial charge >= 0.3 is 0 Å². The summed E-state index contributed by atoms with van der Waals surface area (Å²) < 4.78 is 28.4. The molecule has 2 aliphatic heterocycles. The normalized spacial score (nSPS) is 20.8. The summed E-state index contributed by atoms with van der Waals surface area (Å²) in [4.78, 5) is 59.4. The van der Waals surface area contributed by atoms with E-state index in [1.807, 2.05) is 13.8 Å². The monoisotopic (exact) mass is 644 g/mol. The smallest absolute Gasteiger partial charge is 0.270 e. The summed E-state index contributed by atoms with van der Waals surface area (Å²) in [5, 5.41) is 3.84. The largest absolute Gasteiger partial charge is 0.340 e. The Morgan fingerprint density at radius 1 is 1.07 bits per heavy atom. The standard InChI is InChI=1S/C32H35ClF2N4O4S/c1-18(2)38(23-8-6-22(33)7-9-23)31(43)26-11-10-24-13-14-37(19(3)40)17-25(30(42)39(24)26)36-29(41)28-16-20-15-21(32(4,34)35)5-12-27(20)44-28/h5-9,12,15-16,18,24-26H,10-11,13-14,17H2,1-4H3,(H,36,41)/t24-,25+,26+/m1/s1. The van der Waals surface area contributed by atoms with Crippen molar-refractivity contribution in [3.8, 4) is 0 Å². The molecule has 3 atom stereocenters. The van der Waals surface area contributed by atoms with Crippen molar-refractivity contribution in [1.29, 1.82) is 0 Å². The van der Waals surface area contributed by atoms with Crippen LogP contribution in [0.15, 0.2) is 48.5 Å². The van der Waals surface area contributed by atoms with Crippen molar-refractivity contribution in [2.45, 2.75) is 77.0 Å². The Morgan fingerprint density at radius 2 is 1.77 bits per heavy atom. The Bertz CT molecular complexity index is 1590. The number of carbonyl (C=O) groups excluding carboxylic acids is 4. The third-order valence-corrected chi connectivity index (χ3v) is 9.70. The van der Waals surface area contributed by atoms with E-state index in [4.69, 9.17) is 11.6 Å². The van der Waals surface area contributed by atoms with E-state index in [1.165, 1.54) is 25.1 Å². The average molecular weight is 645 g/mol. The maximum absolute atomic E-state index is 14.2. The summed E-state index contributed by atoms with van der Waals surface area (Å²) in [6, 6.07) is 10.4. The van der Waals surface area contributed by atoms with E-state index in [0.29, 0.717) is 46.6 Å². The van der Waals surface area contributed by atoms with E-state index in [0.717, 1.165) is 18.3 Å². The lowest BCUT2D eigenvalue weighted by Crippen LogP contribution is -2.61. The first kappa shape index (κ1) is 31.8. The first-order valence-corrected chi connectivity index (χ1v) is 15.8. The molecule has 0 radical (unpaired) electrons. The molecule has 1 aromatic heterocycles. The molecule has 234 valence electrons. The van der Waals surface area contributed by atoms with Crippen molar-refractivity contribution in [1.82, 2.24) is 15.1 Å². The number of hydrogen-bond acceptors (Lipinski definition) is 5. The molecular weight excluding hydrogens is 610 g/mol. The molecule has 44 heavy (non-hydrogen) atoms. The molecule has 2 saturated heterocycles. The highest BCUT2D eigenvalue weighted by molar-refractivity contribution is 7.20. The van der Waals surface area contributed by atoms with E-state index in [9.17, 15) is 28.0 Å². The molecule has 2 aliphatic rings. The van der Waals surface area contributed by atoms with Gasteiger partial charge in [-0.2, -0.15) is 0 Å². The number of fused-ring (bicyclic) bond motifs is 2. The Hall–Kier alpha value is -3.57. The summed E-state index contributed by atoms with van der Waals surface area (Å²) in [5.41, 5.74) is 0.505. The number of benzene rings is 2. The molecule has 4 amide bonds. The molecule has 3 aromatic rings. The van der Waals surface area contributed by atoms with E-state index < -0.39 is 29.8 Å². The number of hydrogen-bond donors (Lipinski definition) is 1. The van der Waals surface area contributed by atoms with Gasteiger partial charge in [-0.05, 0) is 81.0 Å². The fourth-order valence-electron chi connectivity index (χ4n) is 6.11. The van der Waals surface area contributed by atoms with Gasteiger partial charge in [0.15, 0.2) is 0 Å². The Kier molecular flexibility index (Phi) is 9.00. The van der Waals surface area contributed by atoms with Gasteiger partial charge in [-0.3, -0.25) is 19.2 Å². The van der Waals surface area contributed by atoms with Crippen LogP contribution >= 0.6 is 22.9 Å². The third kappa shape index (κ3) is 6.44. The van der Waals surface area contributed by atoms with Gasteiger partial charge in [0.25, 0.3) is 11.8 Å². The minimum absolute atomic E-state index is 0.0494. The van der Waals surface area contributed by atoms with E-state index >= 15 is 0 Å². The van der Waals surface area contributed by atoms with Crippen LogP contribution in [0.4, 0.5) is 14.5 Å². The number of nitrogens with one attached hydrogen (secondary N) is 1.